The molecule has 0 amide bonds. The molecule has 1 rings (SSSR count). The third-order valence-corrected chi connectivity index (χ3v) is 3.79. The highest BCUT2D eigenvalue weighted by molar-refractivity contribution is 7.99. The zero-order chi connectivity index (χ0) is 9.35. The Morgan fingerprint density at radius 1 is 1.58 bits per heavy atom. The first-order valence-electron chi connectivity index (χ1n) is 4.08. The lowest BCUT2D eigenvalue weighted by Gasteiger charge is -2.23. The van der Waals surface area contributed by atoms with Crippen LogP contribution in [0.25, 0.3) is 0 Å². The number of carboxylic acid groups (broad SMARTS) is 1. The predicted molar refractivity (Wildman–Crippen MR) is 46.4 cm³/mol. The molecule has 0 saturated carbocycles. The van der Waals surface area contributed by atoms with Crippen LogP contribution >= 0.6 is 11.8 Å². The summed E-state index contributed by atoms with van der Waals surface area (Å²) in [6, 6.07) is -0.348. The van der Waals surface area contributed by atoms with Crippen molar-refractivity contribution in [1.29, 1.82) is 0 Å². The van der Waals surface area contributed by atoms with Gasteiger partial charge >= 0.3 is 0 Å². The molecule has 1 fully saturated rings. The second kappa shape index (κ2) is 3.26. The van der Waals surface area contributed by atoms with Gasteiger partial charge < -0.3 is 15.2 Å². The molecule has 0 aromatic rings. The smallest absolute Gasteiger partial charge is 0.138 e. The Balaban J connectivity index is 2.51. The summed E-state index contributed by atoms with van der Waals surface area (Å²) in [6.45, 7) is 6.37. The SMILES string of the molecule is CC(C)(C)[C@H]1[NH2+][C@H](C(=O)[O-])CS1. The van der Waals surface area contributed by atoms with Gasteiger partial charge in [-0.05, 0) is 0 Å². The van der Waals surface area contributed by atoms with E-state index in [1.165, 1.54) is 0 Å². The standard InChI is InChI=1S/C8H15NO2S/c1-8(2,3)7-9-5(4-12-7)6(10)11/h5,7,9H,4H2,1-3H3,(H,10,11)/t5-,7-/m0/s1. The average Bonchev–Trinajstić information content (AvgIpc) is 2.30. The molecular weight excluding hydrogens is 174 g/mol. The van der Waals surface area contributed by atoms with Gasteiger partial charge in [-0.15, -0.1) is 0 Å². The Bertz CT molecular complexity index is 188. The maximum absolute atomic E-state index is 10.5. The minimum atomic E-state index is -0.936. The summed E-state index contributed by atoms with van der Waals surface area (Å²) in [7, 11) is 0. The molecule has 0 aliphatic carbocycles. The first kappa shape index (κ1) is 9.86. The van der Waals surface area contributed by atoms with E-state index in [9.17, 15) is 9.90 Å². The number of hydrogen-bond acceptors (Lipinski definition) is 3. The second-order valence-corrected chi connectivity index (χ2v) is 5.41. The topological polar surface area (TPSA) is 56.7 Å². The van der Waals surface area contributed by atoms with Gasteiger partial charge in [0.1, 0.15) is 17.4 Å². The van der Waals surface area contributed by atoms with E-state index < -0.39 is 5.97 Å². The Hall–Kier alpha value is -0.220. The molecular formula is C8H15NO2S. The van der Waals surface area contributed by atoms with Gasteiger partial charge in [0.05, 0.1) is 5.75 Å². The molecule has 1 heterocycles. The quantitative estimate of drug-likeness (QED) is 0.563. The van der Waals surface area contributed by atoms with Crippen molar-refractivity contribution < 1.29 is 15.2 Å². The van der Waals surface area contributed by atoms with E-state index in [2.05, 4.69) is 20.8 Å². The number of nitrogens with two attached hydrogens (primary N) is 1. The third kappa shape index (κ3) is 2.14. The maximum atomic E-state index is 10.5. The van der Waals surface area contributed by atoms with Crippen molar-refractivity contribution >= 4 is 17.7 Å². The molecule has 4 heteroatoms. The molecule has 0 unspecified atom stereocenters. The Labute approximate surface area is 76.9 Å². The summed E-state index contributed by atoms with van der Waals surface area (Å²) in [5, 5.41) is 12.8. The molecule has 12 heavy (non-hydrogen) atoms. The number of carbonyl (C=O) groups excluding carboxylic acids is 1. The number of rotatable bonds is 1. The van der Waals surface area contributed by atoms with Crippen LogP contribution in [0.1, 0.15) is 20.8 Å². The van der Waals surface area contributed by atoms with E-state index >= 15 is 0 Å². The maximum Gasteiger partial charge on any atom is 0.138 e. The van der Waals surface area contributed by atoms with Gasteiger partial charge in [0.2, 0.25) is 0 Å². The lowest BCUT2D eigenvalue weighted by Crippen LogP contribution is -2.96. The van der Waals surface area contributed by atoms with Crippen molar-refractivity contribution in [3.8, 4) is 0 Å². The fraction of sp³-hybridized carbons (Fsp3) is 0.875. The first-order valence-corrected chi connectivity index (χ1v) is 5.13. The number of carbonyl (C=O) groups is 1. The van der Waals surface area contributed by atoms with Crippen LogP contribution in [0.15, 0.2) is 0 Å². The highest BCUT2D eigenvalue weighted by Crippen LogP contribution is 2.28. The monoisotopic (exact) mass is 189 g/mol. The molecule has 2 atom stereocenters. The molecule has 0 spiro atoms. The van der Waals surface area contributed by atoms with Crippen molar-refractivity contribution in [3.05, 3.63) is 0 Å². The van der Waals surface area contributed by atoms with Gasteiger partial charge in [0, 0.05) is 5.41 Å². The molecule has 1 aliphatic rings. The zero-order valence-corrected chi connectivity index (χ0v) is 8.48. The minimum absolute atomic E-state index is 0.162. The molecule has 3 nitrogen and oxygen atoms in total. The summed E-state index contributed by atoms with van der Waals surface area (Å²) in [4.78, 5) is 10.5. The number of thioether (sulfide) groups is 1. The largest absolute Gasteiger partial charge is 0.544 e. The molecule has 1 aliphatic heterocycles. The first-order chi connectivity index (χ1) is 5.41. The fourth-order valence-electron chi connectivity index (χ4n) is 1.21. The van der Waals surface area contributed by atoms with Gasteiger partial charge in [-0.1, -0.05) is 32.5 Å². The molecule has 0 aromatic heterocycles. The molecule has 0 bridgehead atoms. The summed E-state index contributed by atoms with van der Waals surface area (Å²) >= 11 is 1.71. The molecule has 2 N–H and O–H groups in total. The van der Waals surface area contributed by atoms with Crippen LogP contribution in [0.5, 0.6) is 0 Å². The molecule has 0 aromatic carbocycles. The minimum Gasteiger partial charge on any atom is -0.544 e. The van der Waals surface area contributed by atoms with Crippen molar-refractivity contribution in [2.45, 2.75) is 32.2 Å². The van der Waals surface area contributed by atoms with E-state index in [0.29, 0.717) is 11.1 Å². The van der Waals surface area contributed by atoms with Gasteiger partial charge in [-0.25, -0.2) is 0 Å². The van der Waals surface area contributed by atoms with Gasteiger partial charge in [-0.2, -0.15) is 0 Å². The zero-order valence-electron chi connectivity index (χ0n) is 7.66. The second-order valence-electron chi connectivity index (χ2n) is 4.24. The van der Waals surface area contributed by atoms with Gasteiger partial charge in [-0.3, -0.25) is 0 Å². The fourth-order valence-corrected chi connectivity index (χ4v) is 2.68. The van der Waals surface area contributed by atoms with Crippen molar-refractivity contribution in [1.82, 2.24) is 0 Å². The Morgan fingerprint density at radius 2 is 2.17 bits per heavy atom. The van der Waals surface area contributed by atoms with Crippen LogP contribution in [0, 0.1) is 5.41 Å². The van der Waals surface area contributed by atoms with E-state index in [1.807, 2.05) is 5.32 Å². The average molecular weight is 189 g/mol. The van der Waals surface area contributed by atoms with E-state index in [-0.39, 0.29) is 11.5 Å². The van der Waals surface area contributed by atoms with Crippen LogP contribution in [-0.4, -0.2) is 23.1 Å². The summed E-state index contributed by atoms with van der Waals surface area (Å²) in [5.74, 6) is -0.265. The normalized spacial score (nSPS) is 30.6. The van der Waals surface area contributed by atoms with Gasteiger partial charge in [0.15, 0.2) is 0 Å². The van der Waals surface area contributed by atoms with E-state index in [1.54, 1.807) is 11.8 Å². The van der Waals surface area contributed by atoms with Gasteiger partial charge in [0.25, 0.3) is 0 Å². The Morgan fingerprint density at radius 3 is 2.42 bits per heavy atom. The van der Waals surface area contributed by atoms with Crippen LogP contribution in [0.3, 0.4) is 0 Å². The highest BCUT2D eigenvalue weighted by atomic mass is 32.2. The van der Waals surface area contributed by atoms with Crippen molar-refractivity contribution in [3.63, 3.8) is 0 Å². The summed E-state index contributed by atoms with van der Waals surface area (Å²) < 4.78 is 0. The van der Waals surface area contributed by atoms with Crippen LogP contribution in [0.2, 0.25) is 0 Å². The number of hydrogen-bond donors (Lipinski definition) is 1. The Kier molecular flexibility index (Phi) is 2.68. The van der Waals surface area contributed by atoms with E-state index in [4.69, 9.17) is 0 Å². The van der Waals surface area contributed by atoms with E-state index in [0.717, 1.165) is 0 Å². The summed E-state index contributed by atoms with van der Waals surface area (Å²) in [5.41, 5.74) is 0.162. The lowest BCUT2D eigenvalue weighted by molar-refractivity contribution is -0.694. The third-order valence-electron chi connectivity index (χ3n) is 2.02. The van der Waals surface area contributed by atoms with Crippen molar-refractivity contribution in [2.24, 2.45) is 5.41 Å². The lowest BCUT2D eigenvalue weighted by atomic mass is 9.96. The highest BCUT2D eigenvalue weighted by Gasteiger charge is 2.37. The van der Waals surface area contributed by atoms with Crippen LogP contribution < -0.4 is 10.4 Å². The van der Waals surface area contributed by atoms with Crippen LogP contribution in [0.4, 0.5) is 0 Å². The molecule has 1 saturated heterocycles. The molecule has 70 valence electrons. The number of quaternary nitrogens is 1. The summed E-state index contributed by atoms with van der Waals surface area (Å²) in [6.07, 6.45) is 0. The molecule has 0 radical (unpaired) electrons. The number of carboxylic acids is 1. The number of aliphatic carboxylic acids is 1. The van der Waals surface area contributed by atoms with Crippen LogP contribution in [-0.2, 0) is 4.79 Å². The van der Waals surface area contributed by atoms with Crippen molar-refractivity contribution in [2.75, 3.05) is 5.75 Å². The predicted octanol–water partition coefficient (Wildman–Crippen LogP) is -1.21.